The van der Waals surface area contributed by atoms with Crippen LogP contribution in [0.2, 0.25) is 0 Å². The van der Waals surface area contributed by atoms with E-state index in [4.69, 9.17) is 18.0 Å². The Morgan fingerprint density at radius 2 is 1.71 bits per heavy atom. The molecule has 2 fully saturated rings. The molecule has 4 unspecified atom stereocenters. The molecule has 1 saturated heterocycles. The average Bonchev–Trinajstić information content (AvgIpc) is 3.09. The van der Waals surface area contributed by atoms with Crippen molar-refractivity contribution in [1.29, 1.82) is 0 Å². The van der Waals surface area contributed by atoms with Gasteiger partial charge in [-0.3, -0.25) is 0 Å². The van der Waals surface area contributed by atoms with Crippen molar-refractivity contribution in [2.24, 2.45) is 5.92 Å². The number of rotatable bonds is 5. The Bertz CT molecular complexity index is 274. The number of ether oxygens (including phenoxy) is 1. The van der Waals surface area contributed by atoms with Gasteiger partial charge in [0.05, 0.1) is 15.3 Å². The molecule has 0 amide bonds. The first kappa shape index (κ1) is 14.2. The Morgan fingerprint density at radius 3 is 2.18 bits per heavy atom. The zero-order chi connectivity index (χ0) is 12.7. The summed E-state index contributed by atoms with van der Waals surface area (Å²) >= 11 is 2.47. The van der Waals surface area contributed by atoms with Crippen LogP contribution in [0, 0.1) is 5.92 Å². The van der Waals surface area contributed by atoms with Gasteiger partial charge in [-0.25, -0.2) is 0 Å². The SMILES string of the molecule is CO[Si](OC)(OC)C(C)(I)C1CCC2OC2C1. The standard InChI is InChI=1S/C11H21IO4Si/c1-11(12,17(13-2,14-3)15-4)8-5-6-9-10(7-8)16-9/h8-10H,5-7H2,1-4H3. The first-order chi connectivity index (χ1) is 8.00. The maximum atomic E-state index is 5.65. The van der Waals surface area contributed by atoms with E-state index in [-0.39, 0.29) is 3.04 Å². The van der Waals surface area contributed by atoms with Crippen LogP contribution in [0.3, 0.4) is 0 Å². The van der Waals surface area contributed by atoms with E-state index in [1.54, 1.807) is 21.3 Å². The lowest BCUT2D eigenvalue weighted by molar-refractivity contribution is 0.0985. The van der Waals surface area contributed by atoms with Gasteiger partial charge in [0.25, 0.3) is 0 Å². The van der Waals surface area contributed by atoms with Crippen LogP contribution < -0.4 is 0 Å². The Balaban J connectivity index is 2.14. The van der Waals surface area contributed by atoms with Crippen molar-refractivity contribution >= 4 is 31.4 Å². The van der Waals surface area contributed by atoms with Gasteiger partial charge in [-0.2, -0.15) is 0 Å². The Morgan fingerprint density at radius 1 is 1.12 bits per heavy atom. The van der Waals surface area contributed by atoms with Crippen molar-refractivity contribution in [3.8, 4) is 0 Å². The van der Waals surface area contributed by atoms with Gasteiger partial charge < -0.3 is 18.0 Å². The number of epoxide rings is 1. The summed E-state index contributed by atoms with van der Waals surface area (Å²) in [6.07, 6.45) is 4.44. The fourth-order valence-electron chi connectivity index (χ4n) is 3.00. The summed E-state index contributed by atoms with van der Waals surface area (Å²) < 4.78 is 22.5. The van der Waals surface area contributed by atoms with Crippen LogP contribution in [0.4, 0.5) is 0 Å². The minimum Gasteiger partial charge on any atom is -0.376 e. The second kappa shape index (κ2) is 5.05. The first-order valence-corrected chi connectivity index (χ1v) is 8.81. The fraction of sp³-hybridized carbons (Fsp3) is 1.00. The van der Waals surface area contributed by atoms with Gasteiger partial charge >= 0.3 is 8.80 Å². The van der Waals surface area contributed by atoms with Crippen molar-refractivity contribution in [2.75, 3.05) is 21.3 Å². The Labute approximate surface area is 118 Å². The molecule has 2 rings (SSSR count). The molecule has 1 aliphatic heterocycles. The van der Waals surface area contributed by atoms with Gasteiger partial charge in [0.15, 0.2) is 0 Å². The molecule has 0 N–H and O–H groups in total. The largest absolute Gasteiger partial charge is 0.516 e. The van der Waals surface area contributed by atoms with Gasteiger partial charge in [-0.15, -0.1) is 0 Å². The molecule has 0 bridgehead atoms. The number of halogens is 1. The third-order valence-corrected chi connectivity index (χ3v) is 10.3. The number of hydrogen-bond donors (Lipinski definition) is 0. The Hall–Kier alpha value is 0.787. The summed E-state index contributed by atoms with van der Waals surface area (Å²) in [6.45, 7) is 2.20. The van der Waals surface area contributed by atoms with E-state index in [2.05, 4.69) is 29.5 Å². The topological polar surface area (TPSA) is 40.2 Å². The monoisotopic (exact) mass is 372 g/mol. The molecule has 0 aromatic heterocycles. The molecular weight excluding hydrogens is 351 g/mol. The van der Waals surface area contributed by atoms with Crippen LogP contribution in [0.15, 0.2) is 0 Å². The quantitative estimate of drug-likeness (QED) is 0.321. The number of hydrogen-bond acceptors (Lipinski definition) is 4. The molecule has 17 heavy (non-hydrogen) atoms. The van der Waals surface area contributed by atoms with Crippen LogP contribution >= 0.6 is 22.6 Å². The van der Waals surface area contributed by atoms with Gasteiger partial charge in [0.2, 0.25) is 0 Å². The molecule has 4 nitrogen and oxygen atoms in total. The highest BCUT2D eigenvalue weighted by Gasteiger charge is 2.61. The third kappa shape index (κ3) is 2.32. The van der Waals surface area contributed by atoms with E-state index in [1.807, 2.05) is 0 Å². The predicted octanol–water partition coefficient (Wildman–Crippen LogP) is 2.16. The van der Waals surface area contributed by atoms with E-state index < -0.39 is 8.80 Å². The maximum absolute atomic E-state index is 5.65. The van der Waals surface area contributed by atoms with Crippen LogP contribution in [-0.4, -0.2) is 45.4 Å². The van der Waals surface area contributed by atoms with Crippen molar-refractivity contribution in [3.05, 3.63) is 0 Å². The van der Waals surface area contributed by atoms with Crippen molar-refractivity contribution < 1.29 is 18.0 Å². The highest BCUT2D eigenvalue weighted by Crippen LogP contribution is 2.49. The molecule has 1 aliphatic carbocycles. The van der Waals surface area contributed by atoms with Crippen molar-refractivity contribution in [3.63, 3.8) is 0 Å². The van der Waals surface area contributed by atoms with Crippen LogP contribution in [-0.2, 0) is 18.0 Å². The maximum Gasteiger partial charge on any atom is 0.516 e. The number of fused-ring (bicyclic) bond motifs is 1. The smallest absolute Gasteiger partial charge is 0.376 e. The van der Waals surface area contributed by atoms with Crippen LogP contribution in [0.25, 0.3) is 0 Å². The summed E-state index contributed by atoms with van der Waals surface area (Å²) in [5.41, 5.74) is 0. The molecule has 100 valence electrons. The first-order valence-electron chi connectivity index (χ1n) is 6.00. The highest BCUT2D eigenvalue weighted by atomic mass is 127. The fourth-order valence-corrected chi connectivity index (χ4v) is 8.00. The molecule has 1 heterocycles. The molecule has 6 heteroatoms. The van der Waals surface area contributed by atoms with Crippen LogP contribution in [0.5, 0.6) is 0 Å². The van der Waals surface area contributed by atoms with Crippen LogP contribution in [0.1, 0.15) is 26.2 Å². The highest BCUT2D eigenvalue weighted by molar-refractivity contribution is 14.1. The molecular formula is C11H21IO4Si. The molecule has 2 aliphatic rings. The molecule has 0 aromatic carbocycles. The average molecular weight is 372 g/mol. The molecule has 0 spiro atoms. The lowest BCUT2D eigenvalue weighted by Gasteiger charge is -2.42. The second-order valence-electron chi connectivity index (χ2n) is 4.97. The van der Waals surface area contributed by atoms with Gasteiger partial charge in [0.1, 0.15) is 0 Å². The third-order valence-electron chi connectivity index (χ3n) is 4.18. The summed E-state index contributed by atoms with van der Waals surface area (Å²) in [6, 6.07) is 0. The lowest BCUT2D eigenvalue weighted by Crippen LogP contribution is -2.62. The summed E-state index contributed by atoms with van der Waals surface area (Å²) in [5.74, 6) is 0.540. The zero-order valence-corrected chi connectivity index (χ0v) is 14.0. The normalized spacial score (nSPS) is 36.2. The summed E-state index contributed by atoms with van der Waals surface area (Å²) in [5, 5.41) is 0. The second-order valence-corrected chi connectivity index (χ2v) is 11.6. The predicted molar refractivity (Wildman–Crippen MR) is 75.2 cm³/mol. The van der Waals surface area contributed by atoms with Gasteiger partial charge in [0, 0.05) is 21.3 Å². The van der Waals surface area contributed by atoms with Crippen molar-refractivity contribution in [2.45, 2.75) is 41.4 Å². The van der Waals surface area contributed by atoms with Gasteiger partial charge in [-0.05, 0) is 32.1 Å². The lowest BCUT2D eigenvalue weighted by atomic mass is 9.87. The van der Waals surface area contributed by atoms with E-state index in [9.17, 15) is 0 Å². The van der Waals surface area contributed by atoms with E-state index in [1.165, 1.54) is 6.42 Å². The van der Waals surface area contributed by atoms with Gasteiger partial charge in [-0.1, -0.05) is 22.6 Å². The minimum atomic E-state index is -2.61. The number of alkyl halides is 1. The minimum absolute atomic E-state index is 0.0973. The van der Waals surface area contributed by atoms with Crippen molar-refractivity contribution in [1.82, 2.24) is 0 Å². The summed E-state index contributed by atoms with van der Waals surface area (Å²) in [7, 11) is 2.46. The molecule has 0 aromatic rings. The Kier molecular flexibility index (Phi) is 4.22. The molecule has 1 saturated carbocycles. The van der Waals surface area contributed by atoms with E-state index in [0.29, 0.717) is 18.1 Å². The summed E-state index contributed by atoms with van der Waals surface area (Å²) in [4.78, 5) is 0. The molecule has 4 atom stereocenters. The van der Waals surface area contributed by atoms with E-state index >= 15 is 0 Å². The zero-order valence-electron chi connectivity index (χ0n) is 10.9. The molecule has 0 radical (unpaired) electrons. The van der Waals surface area contributed by atoms with E-state index in [0.717, 1.165) is 12.8 Å².